The summed E-state index contributed by atoms with van der Waals surface area (Å²) in [4.78, 5) is 5.44. The van der Waals surface area contributed by atoms with Crippen molar-refractivity contribution in [3.8, 4) is 0 Å². The van der Waals surface area contributed by atoms with Crippen LogP contribution in [0.15, 0.2) is 34.2 Å². The second kappa shape index (κ2) is 2.58. The van der Waals surface area contributed by atoms with E-state index in [1.54, 1.807) is 11.8 Å². The van der Waals surface area contributed by atoms with Crippen molar-refractivity contribution in [1.29, 1.82) is 0 Å². The van der Waals surface area contributed by atoms with Gasteiger partial charge in [0.15, 0.2) is 0 Å². The summed E-state index contributed by atoms with van der Waals surface area (Å²) in [5.41, 5.74) is 6.58. The van der Waals surface area contributed by atoms with Crippen LogP contribution >= 0.6 is 11.8 Å². The van der Waals surface area contributed by atoms with Crippen molar-refractivity contribution in [2.45, 2.75) is 4.90 Å². The Morgan fingerprint density at radius 1 is 1.36 bits per heavy atom. The van der Waals surface area contributed by atoms with Crippen LogP contribution in [0, 0.1) is 0 Å². The van der Waals surface area contributed by atoms with E-state index in [1.807, 2.05) is 18.2 Å². The summed E-state index contributed by atoms with van der Waals surface area (Å²) < 4.78 is 0. The first-order chi connectivity index (χ1) is 5.36. The monoisotopic (exact) mass is 164 g/mol. The molecule has 0 radical (unpaired) electrons. The Balaban J connectivity index is 2.51. The molecule has 0 aromatic heterocycles. The van der Waals surface area contributed by atoms with Gasteiger partial charge in [-0.1, -0.05) is 12.1 Å². The molecule has 0 bridgehead atoms. The number of rotatable bonds is 0. The molecule has 1 aromatic rings. The number of hydrogen-bond acceptors (Lipinski definition) is 3. The van der Waals surface area contributed by atoms with Crippen LogP contribution in [0.25, 0.3) is 0 Å². The normalized spacial score (nSPS) is 15.5. The smallest absolute Gasteiger partial charge is 0.110 e. The highest BCUT2D eigenvalue weighted by molar-refractivity contribution is 8.00. The molecule has 0 saturated heterocycles. The molecule has 0 unspecified atom stereocenters. The number of para-hydroxylation sites is 1. The molecule has 1 aliphatic rings. The van der Waals surface area contributed by atoms with Crippen molar-refractivity contribution in [1.82, 2.24) is 0 Å². The van der Waals surface area contributed by atoms with Crippen molar-refractivity contribution in [3.63, 3.8) is 0 Å². The molecule has 0 fully saturated rings. The van der Waals surface area contributed by atoms with Crippen LogP contribution < -0.4 is 5.73 Å². The van der Waals surface area contributed by atoms with Crippen LogP contribution in [0.1, 0.15) is 0 Å². The van der Waals surface area contributed by atoms with E-state index in [0.717, 1.165) is 11.4 Å². The molecule has 1 heterocycles. The average Bonchev–Trinajstić information content (AvgIpc) is 2.04. The summed E-state index contributed by atoms with van der Waals surface area (Å²) >= 11 is 1.74. The zero-order valence-corrected chi connectivity index (χ0v) is 6.77. The van der Waals surface area contributed by atoms with Gasteiger partial charge in [0, 0.05) is 4.90 Å². The Morgan fingerprint density at radius 3 is 3.09 bits per heavy atom. The lowest BCUT2D eigenvalue weighted by Gasteiger charge is -2.10. The van der Waals surface area contributed by atoms with Gasteiger partial charge in [0.1, 0.15) is 5.84 Å². The SMILES string of the molecule is NC1=Nc2ccccc2SC1. The number of nitrogens with two attached hydrogens (primary N) is 1. The van der Waals surface area contributed by atoms with Crippen molar-refractivity contribution in [2.75, 3.05) is 5.75 Å². The molecule has 2 rings (SSSR count). The van der Waals surface area contributed by atoms with Gasteiger partial charge >= 0.3 is 0 Å². The van der Waals surface area contributed by atoms with Crippen molar-refractivity contribution in [2.24, 2.45) is 10.7 Å². The molecule has 1 aliphatic heterocycles. The minimum Gasteiger partial charge on any atom is -0.386 e. The van der Waals surface area contributed by atoms with Gasteiger partial charge in [0.05, 0.1) is 11.4 Å². The van der Waals surface area contributed by atoms with Crippen LogP contribution in [0.4, 0.5) is 5.69 Å². The fourth-order valence-corrected chi connectivity index (χ4v) is 1.81. The van der Waals surface area contributed by atoms with E-state index < -0.39 is 0 Å². The summed E-state index contributed by atoms with van der Waals surface area (Å²) in [6, 6.07) is 8.04. The Hall–Kier alpha value is -0.960. The van der Waals surface area contributed by atoms with Crippen LogP contribution in [0.3, 0.4) is 0 Å². The molecule has 0 atom stereocenters. The van der Waals surface area contributed by atoms with Crippen LogP contribution in [-0.4, -0.2) is 11.6 Å². The van der Waals surface area contributed by atoms with Gasteiger partial charge in [0.2, 0.25) is 0 Å². The maximum Gasteiger partial charge on any atom is 0.110 e. The standard InChI is InChI=1S/C8H8N2S/c9-8-5-11-7-4-2-1-3-6(7)10-8/h1-4H,5H2,(H2,9,10). The van der Waals surface area contributed by atoms with E-state index in [-0.39, 0.29) is 0 Å². The molecule has 1 aromatic carbocycles. The third-order valence-corrected chi connectivity index (χ3v) is 2.60. The first kappa shape index (κ1) is 6.73. The second-order valence-electron chi connectivity index (χ2n) is 2.36. The van der Waals surface area contributed by atoms with Crippen LogP contribution in [-0.2, 0) is 0 Å². The molecule has 0 spiro atoms. The predicted octanol–water partition coefficient (Wildman–Crippen LogP) is 1.78. The Labute approximate surface area is 69.5 Å². The van der Waals surface area contributed by atoms with E-state index in [2.05, 4.69) is 11.1 Å². The third kappa shape index (κ3) is 1.24. The lowest BCUT2D eigenvalue weighted by molar-refractivity contribution is 1.33. The van der Waals surface area contributed by atoms with E-state index in [1.165, 1.54) is 4.90 Å². The number of benzene rings is 1. The van der Waals surface area contributed by atoms with Crippen molar-refractivity contribution < 1.29 is 0 Å². The van der Waals surface area contributed by atoms with E-state index in [9.17, 15) is 0 Å². The molecule has 2 N–H and O–H groups in total. The molecular weight excluding hydrogens is 156 g/mol. The zero-order valence-electron chi connectivity index (χ0n) is 5.95. The van der Waals surface area contributed by atoms with E-state index in [4.69, 9.17) is 5.73 Å². The van der Waals surface area contributed by atoms with E-state index in [0.29, 0.717) is 5.84 Å². The Kier molecular flexibility index (Phi) is 1.58. The predicted molar refractivity (Wildman–Crippen MR) is 48.4 cm³/mol. The first-order valence-corrected chi connectivity index (χ1v) is 4.40. The Morgan fingerprint density at radius 2 is 2.18 bits per heavy atom. The highest BCUT2D eigenvalue weighted by Gasteiger charge is 2.07. The molecule has 11 heavy (non-hydrogen) atoms. The molecule has 3 heteroatoms. The van der Waals surface area contributed by atoms with Gasteiger partial charge in [-0.2, -0.15) is 0 Å². The maximum absolute atomic E-state index is 5.58. The maximum atomic E-state index is 5.58. The molecule has 2 nitrogen and oxygen atoms in total. The lowest BCUT2D eigenvalue weighted by Crippen LogP contribution is -2.15. The summed E-state index contributed by atoms with van der Waals surface area (Å²) in [6.45, 7) is 0. The average molecular weight is 164 g/mol. The van der Waals surface area contributed by atoms with Crippen LogP contribution in [0.5, 0.6) is 0 Å². The Bertz CT molecular complexity index is 307. The largest absolute Gasteiger partial charge is 0.386 e. The number of fused-ring (bicyclic) bond motifs is 1. The first-order valence-electron chi connectivity index (χ1n) is 3.41. The van der Waals surface area contributed by atoms with Crippen LogP contribution in [0.2, 0.25) is 0 Å². The van der Waals surface area contributed by atoms with Gasteiger partial charge in [0.25, 0.3) is 0 Å². The third-order valence-electron chi connectivity index (χ3n) is 1.50. The molecular formula is C8H8N2S. The van der Waals surface area contributed by atoms with Gasteiger partial charge in [-0.25, -0.2) is 4.99 Å². The number of nitrogens with zero attached hydrogens (tertiary/aromatic N) is 1. The fraction of sp³-hybridized carbons (Fsp3) is 0.125. The summed E-state index contributed by atoms with van der Waals surface area (Å²) in [7, 11) is 0. The highest BCUT2D eigenvalue weighted by Crippen LogP contribution is 2.32. The molecule has 0 aliphatic carbocycles. The van der Waals surface area contributed by atoms with E-state index >= 15 is 0 Å². The van der Waals surface area contributed by atoms with Gasteiger partial charge in [-0.15, -0.1) is 11.8 Å². The van der Waals surface area contributed by atoms with Crippen molar-refractivity contribution in [3.05, 3.63) is 24.3 Å². The number of thioether (sulfide) groups is 1. The number of aliphatic imine (C=N–C) groups is 1. The van der Waals surface area contributed by atoms with Gasteiger partial charge in [-0.3, -0.25) is 0 Å². The zero-order chi connectivity index (χ0) is 7.68. The van der Waals surface area contributed by atoms with Gasteiger partial charge < -0.3 is 5.73 Å². The molecule has 56 valence electrons. The van der Waals surface area contributed by atoms with Gasteiger partial charge in [-0.05, 0) is 12.1 Å². The summed E-state index contributed by atoms with van der Waals surface area (Å²) in [5.74, 6) is 1.53. The number of hydrogen-bond donors (Lipinski definition) is 1. The topological polar surface area (TPSA) is 38.4 Å². The minimum atomic E-state index is 0.716. The second-order valence-corrected chi connectivity index (χ2v) is 3.38. The summed E-state index contributed by atoms with van der Waals surface area (Å²) in [5, 5.41) is 0. The lowest BCUT2D eigenvalue weighted by atomic mass is 10.3. The molecule has 0 amide bonds. The molecule has 0 saturated carbocycles. The minimum absolute atomic E-state index is 0.716. The summed E-state index contributed by atoms with van der Waals surface area (Å²) in [6.07, 6.45) is 0. The fourth-order valence-electron chi connectivity index (χ4n) is 1.01. The number of amidine groups is 1. The quantitative estimate of drug-likeness (QED) is 0.634. The van der Waals surface area contributed by atoms with Crippen molar-refractivity contribution >= 4 is 23.3 Å². The highest BCUT2D eigenvalue weighted by atomic mass is 32.2.